The van der Waals surface area contributed by atoms with Gasteiger partial charge in [0.1, 0.15) is 0 Å². The first-order valence-electron chi connectivity index (χ1n) is 16.2. The van der Waals surface area contributed by atoms with Crippen molar-refractivity contribution in [1.29, 1.82) is 0 Å². The standard InChI is InChI=1S/C45H29N3/c1-2-11-33(12-3-1)44-45(34-20-16-32(17-21-34)39-15-8-24-46-29-39)48-43-28-41(38-23-19-31-10-5-7-14-36(31)26-38)40(27-42(43)47-44)37-22-18-30-9-4-6-13-35(30)25-37/h1-29H. The number of fused-ring (bicyclic) bond motifs is 3. The van der Waals surface area contributed by atoms with Gasteiger partial charge in [-0.25, -0.2) is 9.97 Å². The first-order valence-corrected chi connectivity index (χ1v) is 16.2. The summed E-state index contributed by atoms with van der Waals surface area (Å²) in [6, 6.07) is 57.8. The number of pyridine rings is 1. The van der Waals surface area contributed by atoms with Gasteiger partial charge in [-0.2, -0.15) is 0 Å². The maximum Gasteiger partial charge on any atom is 0.0973 e. The van der Waals surface area contributed by atoms with Gasteiger partial charge in [-0.1, -0.05) is 133 Å². The normalized spacial score (nSPS) is 11.3. The highest BCUT2D eigenvalue weighted by Crippen LogP contribution is 2.39. The predicted molar refractivity (Wildman–Crippen MR) is 200 cm³/mol. The largest absolute Gasteiger partial charge is 0.264 e. The molecule has 3 heteroatoms. The van der Waals surface area contributed by atoms with E-state index in [1.165, 1.54) is 21.5 Å². The number of hydrogen-bond donors (Lipinski definition) is 0. The molecule has 0 radical (unpaired) electrons. The van der Waals surface area contributed by atoms with E-state index in [9.17, 15) is 0 Å². The molecule has 0 bridgehead atoms. The van der Waals surface area contributed by atoms with Gasteiger partial charge in [-0.3, -0.25) is 4.98 Å². The van der Waals surface area contributed by atoms with Gasteiger partial charge >= 0.3 is 0 Å². The lowest BCUT2D eigenvalue weighted by atomic mass is 9.91. The molecule has 0 aliphatic rings. The Labute approximate surface area is 278 Å². The molecular weight excluding hydrogens is 583 g/mol. The summed E-state index contributed by atoms with van der Waals surface area (Å²) in [6.07, 6.45) is 3.69. The summed E-state index contributed by atoms with van der Waals surface area (Å²) >= 11 is 0. The van der Waals surface area contributed by atoms with Crippen molar-refractivity contribution in [2.45, 2.75) is 0 Å². The van der Waals surface area contributed by atoms with Gasteiger partial charge in [-0.15, -0.1) is 0 Å². The SMILES string of the molecule is c1ccc(-c2nc3cc(-c4ccc5ccccc5c4)c(-c4ccc5ccccc5c4)cc3nc2-c2ccc(-c3cccnc3)cc2)cc1. The molecule has 0 amide bonds. The van der Waals surface area contributed by atoms with E-state index in [2.05, 4.69) is 157 Å². The monoisotopic (exact) mass is 611 g/mol. The summed E-state index contributed by atoms with van der Waals surface area (Å²) in [7, 11) is 0. The van der Waals surface area contributed by atoms with Crippen LogP contribution in [0.25, 0.3) is 88.5 Å². The highest BCUT2D eigenvalue weighted by atomic mass is 14.8. The first kappa shape index (κ1) is 27.8. The Morgan fingerprint density at radius 2 is 0.771 bits per heavy atom. The zero-order valence-corrected chi connectivity index (χ0v) is 26.1. The van der Waals surface area contributed by atoms with Crippen LogP contribution in [0.1, 0.15) is 0 Å². The quantitative estimate of drug-likeness (QED) is 0.194. The smallest absolute Gasteiger partial charge is 0.0973 e. The highest BCUT2D eigenvalue weighted by Gasteiger charge is 2.17. The van der Waals surface area contributed by atoms with E-state index >= 15 is 0 Å². The molecule has 0 saturated carbocycles. The topological polar surface area (TPSA) is 38.7 Å². The van der Waals surface area contributed by atoms with E-state index in [0.29, 0.717) is 0 Å². The Kier molecular flexibility index (Phi) is 6.80. The lowest BCUT2D eigenvalue weighted by Crippen LogP contribution is -1.97. The zero-order chi connectivity index (χ0) is 31.9. The molecule has 0 saturated heterocycles. The summed E-state index contributed by atoms with van der Waals surface area (Å²) in [4.78, 5) is 15.0. The minimum atomic E-state index is 0.855. The molecule has 0 spiro atoms. The van der Waals surface area contributed by atoms with Crippen molar-refractivity contribution in [3.05, 3.63) is 176 Å². The van der Waals surface area contributed by atoms with E-state index in [-0.39, 0.29) is 0 Å². The van der Waals surface area contributed by atoms with Gasteiger partial charge in [-0.05, 0) is 85.3 Å². The highest BCUT2D eigenvalue weighted by molar-refractivity contribution is 5.99. The molecule has 0 aliphatic carbocycles. The zero-order valence-electron chi connectivity index (χ0n) is 26.1. The van der Waals surface area contributed by atoms with Crippen molar-refractivity contribution in [1.82, 2.24) is 15.0 Å². The fraction of sp³-hybridized carbons (Fsp3) is 0. The second-order valence-corrected chi connectivity index (χ2v) is 12.1. The average Bonchev–Trinajstić information content (AvgIpc) is 3.17. The molecular formula is C45H29N3. The third kappa shape index (κ3) is 5.08. The third-order valence-corrected chi connectivity index (χ3v) is 9.12. The maximum absolute atomic E-state index is 5.38. The molecule has 0 N–H and O–H groups in total. The summed E-state index contributed by atoms with van der Waals surface area (Å²) < 4.78 is 0. The molecule has 0 fully saturated rings. The molecule has 0 aliphatic heterocycles. The van der Waals surface area contributed by atoms with Crippen LogP contribution in [0.5, 0.6) is 0 Å². The summed E-state index contributed by atoms with van der Waals surface area (Å²) in [5.74, 6) is 0. The van der Waals surface area contributed by atoms with E-state index in [1.54, 1.807) is 6.20 Å². The van der Waals surface area contributed by atoms with Crippen molar-refractivity contribution in [3.8, 4) is 55.9 Å². The van der Waals surface area contributed by atoms with Gasteiger partial charge in [0.25, 0.3) is 0 Å². The molecule has 2 heterocycles. The van der Waals surface area contributed by atoms with Crippen LogP contribution >= 0.6 is 0 Å². The van der Waals surface area contributed by atoms with Crippen molar-refractivity contribution in [2.75, 3.05) is 0 Å². The number of aromatic nitrogens is 3. The van der Waals surface area contributed by atoms with Crippen LogP contribution in [0.15, 0.2) is 176 Å². The summed E-state index contributed by atoms with van der Waals surface area (Å²) in [6.45, 7) is 0. The molecule has 3 nitrogen and oxygen atoms in total. The third-order valence-electron chi connectivity index (χ3n) is 9.12. The van der Waals surface area contributed by atoms with Crippen molar-refractivity contribution in [3.63, 3.8) is 0 Å². The molecule has 0 unspecified atom stereocenters. The average molecular weight is 612 g/mol. The van der Waals surface area contributed by atoms with E-state index in [4.69, 9.17) is 9.97 Å². The Hall–Kier alpha value is -6.45. The van der Waals surface area contributed by atoms with E-state index in [0.717, 1.165) is 66.9 Å². The Morgan fingerprint density at radius 1 is 0.312 bits per heavy atom. The molecule has 2 aromatic heterocycles. The van der Waals surface area contributed by atoms with Crippen LogP contribution in [-0.4, -0.2) is 15.0 Å². The fourth-order valence-corrected chi connectivity index (χ4v) is 6.65. The number of hydrogen-bond acceptors (Lipinski definition) is 3. The maximum atomic E-state index is 5.38. The van der Waals surface area contributed by atoms with Crippen molar-refractivity contribution < 1.29 is 0 Å². The van der Waals surface area contributed by atoms with Gasteiger partial charge in [0, 0.05) is 23.5 Å². The van der Waals surface area contributed by atoms with Gasteiger partial charge in [0.2, 0.25) is 0 Å². The van der Waals surface area contributed by atoms with Crippen LogP contribution < -0.4 is 0 Å². The van der Waals surface area contributed by atoms with Gasteiger partial charge in [0.15, 0.2) is 0 Å². The minimum absolute atomic E-state index is 0.855. The number of nitrogens with zero attached hydrogens (tertiary/aromatic N) is 3. The molecule has 48 heavy (non-hydrogen) atoms. The molecule has 7 aromatic carbocycles. The van der Waals surface area contributed by atoms with Crippen LogP contribution in [0.3, 0.4) is 0 Å². The predicted octanol–water partition coefficient (Wildman–Crippen LogP) is 11.7. The Balaban J connectivity index is 1.28. The van der Waals surface area contributed by atoms with E-state index < -0.39 is 0 Å². The van der Waals surface area contributed by atoms with E-state index in [1.807, 2.05) is 18.3 Å². The lowest BCUT2D eigenvalue weighted by molar-refractivity contribution is 1.29. The molecule has 0 atom stereocenters. The van der Waals surface area contributed by atoms with Crippen LogP contribution in [0.4, 0.5) is 0 Å². The summed E-state index contributed by atoms with van der Waals surface area (Å²) in [5.41, 5.74) is 12.2. The number of rotatable bonds is 5. The van der Waals surface area contributed by atoms with Gasteiger partial charge in [0.05, 0.1) is 22.4 Å². The first-order chi connectivity index (χ1) is 23.8. The fourth-order valence-electron chi connectivity index (χ4n) is 6.65. The van der Waals surface area contributed by atoms with Crippen LogP contribution in [0.2, 0.25) is 0 Å². The van der Waals surface area contributed by atoms with Crippen molar-refractivity contribution >= 4 is 32.6 Å². The lowest BCUT2D eigenvalue weighted by Gasteiger charge is -2.16. The second-order valence-electron chi connectivity index (χ2n) is 12.1. The molecule has 224 valence electrons. The number of benzene rings is 7. The molecule has 9 rings (SSSR count). The Morgan fingerprint density at radius 3 is 1.31 bits per heavy atom. The minimum Gasteiger partial charge on any atom is -0.264 e. The Bertz CT molecular complexity index is 2590. The van der Waals surface area contributed by atoms with Gasteiger partial charge < -0.3 is 0 Å². The van der Waals surface area contributed by atoms with Crippen LogP contribution in [-0.2, 0) is 0 Å². The van der Waals surface area contributed by atoms with Crippen LogP contribution in [0, 0.1) is 0 Å². The van der Waals surface area contributed by atoms with Crippen molar-refractivity contribution in [2.24, 2.45) is 0 Å². The summed E-state index contributed by atoms with van der Waals surface area (Å²) in [5, 5.41) is 4.86. The second kappa shape index (κ2) is 11.7. The molecule has 9 aromatic rings.